The monoisotopic (exact) mass is 275 g/mol. The molecular weight excluding hydrogens is 262 g/mol. The van der Waals surface area contributed by atoms with E-state index in [1.54, 1.807) is 0 Å². The molecule has 0 amide bonds. The van der Waals surface area contributed by atoms with Gasteiger partial charge >= 0.3 is 0 Å². The van der Waals surface area contributed by atoms with Crippen molar-refractivity contribution in [2.24, 2.45) is 0 Å². The quantitative estimate of drug-likeness (QED) is 0.780. The Balaban J connectivity index is 2.35. The summed E-state index contributed by atoms with van der Waals surface area (Å²) in [6.07, 6.45) is 0.176. The lowest BCUT2D eigenvalue weighted by molar-refractivity contribution is 0.582. The zero-order valence-electron chi connectivity index (χ0n) is 9.03. The largest absolute Gasteiger partial charge is 0.399 e. The fourth-order valence-corrected chi connectivity index (χ4v) is 6.22. The highest BCUT2D eigenvalue weighted by molar-refractivity contribution is 7.96. The van der Waals surface area contributed by atoms with Gasteiger partial charge in [0.25, 0.3) is 0 Å². The number of sulfone groups is 2. The summed E-state index contributed by atoms with van der Waals surface area (Å²) in [5, 5.41) is -0.823. The number of nitrogens with two attached hydrogens (primary N) is 1. The molecule has 1 aromatic rings. The van der Waals surface area contributed by atoms with E-state index in [-0.39, 0.29) is 22.8 Å². The minimum absolute atomic E-state index is 0.0497. The zero-order chi connectivity index (χ0) is 12.7. The lowest BCUT2D eigenvalue weighted by Crippen LogP contribution is -2.22. The van der Waals surface area contributed by atoms with Crippen LogP contribution < -0.4 is 5.73 Å². The van der Waals surface area contributed by atoms with Gasteiger partial charge < -0.3 is 5.73 Å². The molecule has 7 heteroatoms. The van der Waals surface area contributed by atoms with Gasteiger partial charge in [-0.3, -0.25) is 0 Å². The van der Waals surface area contributed by atoms with E-state index < -0.39 is 24.9 Å². The van der Waals surface area contributed by atoms with Gasteiger partial charge in [0.05, 0.1) is 21.7 Å². The molecule has 1 unspecified atom stereocenters. The third kappa shape index (κ3) is 2.44. The average molecular weight is 275 g/mol. The Labute approximate surface area is 100 Å². The lowest BCUT2D eigenvalue weighted by Gasteiger charge is -2.09. The fourth-order valence-electron chi connectivity index (χ4n) is 1.86. The summed E-state index contributed by atoms with van der Waals surface area (Å²) in [5.74, 6) is -0.328. The van der Waals surface area contributed by atoms with Gasteiger partial charge in [0.15, 0.2) is 19.7 Å². The van der Waals surface area contributed by atoms with E-state index in [1.165, 1.54) is 24.3 Å². The van der Waals surface area contributed by atoms with Gasteiger partial charge in [-0.15, -0.1) is 0 Å². The number of hydrogen-bond acceptors (Lipinski definition) is 5. The van der Waals surface area contributed by atoms with Gasteiger partial charge in [-0.1, -0.05) is 0 Å². The van der Waals surface area contributed by atoms with Crippen LogP contribution in [0.3, 0.4) is 0 Å². The SMILES string of the molecule is Nc1ccc(S(=O)(=O)C2CCS(=O)(=O)C2)cc1. The van der Waals surface area contributed by atoms with Crippen LogP contribution >= 0.6 is 0 Å². The summed E-state index contributed by atoms with van der Waals surface area (Å²) in [4.78, 5) is 0.133. The Kier molecular flexibility index (Phi) is 2.90. The van der Waals surface area contributed by atoms with Crippen LogP contribution in [0.15, 0.2) is 29.2 Å². The van der Waals surface area contributed by atoms with E-state index in [9.17, 15) is 16.8 Å². The molecule has 2 rings (SSSR count). The number of nitrogen functional groups attached to an aromatic ring is 1. The fraction of sp³-hybridized carbons (Fsp3) is 0.400. The molecule has 94 valence electrons. The van der Waals surface area contributed by atoms with Crippen LogP contribution in [0.1, 0.15) is 6.42 Å². The predicted molar refractivity (Wildman–Crippen MR) is 65.1 cm³/mol. The number of benzene rings is 1. The van der Waals surface area contributed by atoms with Crippen LogP contribution in [0.2, 0.25) is 0 Å². The number of hydrogen-bond donors (Lipinski definition) is 1. The molecule has 0 saturated carbocycles. The van der Waals surface area contributed by atoms with Crippen molar-refractivity contribution in [3.05, 3.63) is 24.3 Å². The molecule has 5 nitrogen and oxygen atoms in total. The molecule has 0 spiro atoms. The minimum atomic E-state index is -3.56. The average Bonchev–Trinajstić information content (AvgIpc) is 2.60. The Hall–Kier alpha value is -1.08. The molecule has 1 aromatic carbocycles. The van der Waals surface area contributed by atoms with Gasteiger partial charge in [-0.2, -0.15) is 0 Å². The highest BCUT2D eigenvalue weighted by Crippen LogP contribution is 2.25. The molecule has 1 aliphatic rings. The van der Waals surface area contributed by atoms with Gasteiger partial charge in [-0.05, 0) is 30.7 Å². The van der Waals surface area contributed by atoms with E-state index >= 15 is 0 Å². The summed E-state index contributed by atoms with van der Waals surface area (Å²) in [6.45, 7) is 0. The highest BCUT2D eigenvalue weighted by atomic mass is 32.2. The van der Waals surface area contributed by atoms with Crippen molar-refractivity contribution in [2.75, 3.05) is 17.2 Å². The molecule has 1 aliphatic heterocycles. The second kappa shape index (κ2) is 3.99. The Morgan fingerprint density at radius 1 is 1.18 bits per heavy atom. The molecule has 1 atom stereocenters. The first-order chi connectivity index (χ1) is 7.81. The third-order valence-corrected chi connectivity index (χ3v) is 7.03. The lowest BCUT2D eigenvalue weighted by atomic mass is 10.3. The van der Waals surface area contributed by atoms with E-state index in [0.29, 0.717) is 5.69 Å². The molecule has 0 aliphatic carbocycles. The van der Waals surface area contributed by atoms with Crippen LogP contribution in [0.4, 0.5) is 5.69 Å². The normalized spacial score (nSPS) is 23.6. The topological polar surface area (TPSA) is 94.3 Å². The minimum Gasteiger partial charge on any atom is -0.399 e. The van der Waals surface area contributed by atoms with Crippen molar-refractivity contribution in [1.82, 2.24) is 0 Å². The third-order valence-electron chi connectivity index (χ3n) is 2.84. The summed E-state index contributed by atoms with van der Waals surface area (Å²) < 4.78 is 46.8. The van der Waals surface area contributed by atoms with Gasteiger partial charge in [-0.25, -0.2) is 16.8 Å². The first-order valence-corrected chi connectivity index (χ1v) is 8.48. The maximum atomic E-state index is 12.1. The molecule has 0 bridgehead atoms. The maximum absolute atomic E-state index is 12.1. The van der Waals surface area contributed by atoms with Crippen molar-refractivity contribution in [1.29, 1.82) is 0 Å². The van der Waals surface area contributed by atoms with Crippen molar-refractivity contribution in [2.45, 2.75) is 16.6 Å². The molecule has 1 heterocycles. The van der Waals surface area contributed by atoms with Crippen molar-refractivity contribution >= 4 is 25.4 Å². The highest BCUT2D eigenvalue weighted by Gasteiger charge is 2.37. The second-order valence-corrected chi connectivity index (χ2v) is 8.60. The molecule has 0 aromatic heterocycles. The Morgan fingerprint density at radius 2 is 1.76 bits per heavy atom. The molecule has 0 radical (unpaired) electrons. The first-order valence-electron chi connectivity index (χ1n) is 5.11. The molecular formula is C10H13NO4S2. The van der Waals surface area contributed by atoms with E-state index in [1.807, 2.05) is 0 Å². The van der Waals surface area contributed by atoms with Crippen LogP contribution in [0.25, 0.3) is 0 Å². The van der Waals surface area contributed by atoms with Gasteiger partial charge in [0.2, 0.25) is 0 Å². The smallest absolute Gasteiger partial charge is 0.182 e. The molecule has 2 N–H and O–H groups in total. The molecule has 1 fully saturated rings. The van der Waals surface area contributed by atoms with E-state index in [4.69, 9.17) is 5.73 Å². The summed E-state index contributed by atoms with van der Waals surface area (Å²) in [6, 6.07) is 5.82. The Bertz CT molecular complexity index is 617. The van der Waals surface area contributed by atoms with Crippen LogP contribution in [0, 0.1) is 0 Å². The van der Waals surface area contributed by atoms with Crippen LogP contribution in [0.5, 0.6) is 0 Å². The Morgan fingerprint density at radius 3 is 2.24 bits per heavy atom. The maximum Gasteiger partial charge on any atom is 0.182 e. The van der Waals surface area contributed by atoms with Crippen molar-refractivity contribution < 1.29 is 16.8 Å². The molecule has 1 saturated heterocycles. The second-order valence-electron chi connectivity index (χ2n) is 4.14. The van der Waals surface area contributed by atoms with Gasteiger partial charge in [0, 0.05) is 5.69 Å². The number of rotatable bonds is 2. The zero-order valence-corrected chi connectivity index (χ0v) is 10.7. The van der Waals surface area contributed by atoms with Gasteiger partial charge in [0.1, 0.15) is 0 Å². The standard InChI is InChI=1S/C10H13NO4S2/c11-8-1-3-9(4-2-8)17(14,15)10-5-6-16(12,13)7-10/h1-4,10H,5-7,11H2. The van der Waals surface area contributed by atoms with Crippen LogP contribution in [-0.4, -0.2) is 33.6 Å². The first kappa shape index (κ1) is 12.4. The molecule has 17 heavy (non-hydrogen) atoms. The van der Waals surface area contributed by atoms with E-state index in [2.05, 4.69) is 0 Å². The van der Waals surface area contributed by atoms with E-state index in [0.717, 1.165) is 0 Å². The van der Waals surface area contributed by atoms with Crippen molar-refractivity contribution in [3.8, 4) is 0 Å². The summed E-state index contributed by atoms with van der Waals surface area (Å²) in [7, 11) is -6.76. The van der Waals surface area contributed by atoms with Crippen molar-refractivity contribution in [3.63, 3.8) is 0 Å². The number of anilines is 1. The predicted octanol–water partition coefficient (Wildman–Crippen LogP) is 0.230. The summed E-state index contributed by atoms with van der Waals surface area (Å²) in [5.41, 5.74) is 5.95. The van der Waals surface area contributed by atoms with Crippen LogP contribution in [-0.2, 0) is 19.7 Å². The summed E-state index contributed by atoms with van der Waals surface area (Å²) >= 11 is 0.